The van der Waals surface area contributed by atoms with Crippen LogP contribution in [0.2, 0.25) is 0 Å². The molecular formula is C13H7BrF2O3. The number of carboxylic acids is 1. The van der Waals surface area contributed by atoms with Crippen LogP contribution in [-0.4, -0.2) is 11.1 Å². The van der Waals surface area contributed by atoms with E-state index >= 15 is 0 Å². The van der Waals surface area contributed by atoms with Gasteiger partial charge in [-0.15, -0.1) is 0 Å². The molecular weight excluding hydrogens is 322 g/mol. The summed E-state index contributed by atoms with van der Waals surface area (Å²) >= 11 is 2.96. The Kier molecular flexibility index (Phi) is 3.80. The summed E-state index contributed by atoms with van der Waals surface area (Å²) in [6.07, 6.45) is 0. The molecule has 0 aliphatic rings. The van der Waals surface area contributed by atoms with Gasteiger partial charge in [-0.1, -0.05) is 6.07 Å². The minimum Gasteiger partial charge on any atom is -0.478 e. The van der Waals surface area contributed by atoms with Gasteiger partial charge in [0.15, 0.2) is 11.6 Å². The smallest absolute Gasteiger partial charge is 0.339 e. The fourth-order valence-electron chi connectivity index (χ4n) is 1.44. The number of carboxylic acid groups (broad SMARTS) is 1. The van der Waals surface area contributed by atoms with E-state index in [1.165, 1.54) is 24.3 Å². The summed E-state index contributed by atoms with van der Waals surface area (Å²) in [6, 6.07) is 7.26. The number of rotatable bonds is 3. The molecule has 0 atom stereocenters. The van der Waals surface area contributed by atoms with E-state index in [0.29, 0.717) is 0 Å². The first-order valence-corrected chi connectivity index (χ1v) is 5.93. The van der Waals surface area contributed by atoms with Gasteiger partial charge in [-0.25, -0.2) is 13.6 Å². The zero-order valence-corrected chi connectivity index (χ0v) is 10.9. The fourth-order valence-corrected chi connectivity index (χ4v) is 1.80. The van der Waals surface area contributed by atoms with E-state index in [-0.39, 0.29) is 15.8 Å². The molecule has 19 heavy (non-hydrogen) atoms. The lowest BCUT2D eigenvalue weighted by Gasteiger charge is -2.10. The molecule has 0 aliphatic heterocycles. The molecule has 0 aromatic heterocycles. The molecule has 0 radical (unpaired) electrons. The number of aromatic carboxylic acids is 1. The van der Waals surface area contributed by atoms with Crippen LogP contribution in [0.15, 0.2) is 40.9 Å². The number of para-hydroxylation sites is 1. The highest BCUT2D eigenvalue weighted by Crippen LogP contribution is 2.30. The van der Waals surface area contributed by atoms with Gasteiger partial charge >= 0.3 is 5.97 Å². The maximum absolute atomic E-state index is 13.6. The van der Waals surface area contributed by atoms with Crippen molar-refractivity contribution >= 4 is 21.9 Å². The molecule has 0 fully saturated rings. The van der Waals surface area contributed by atoms with E-state index in [9.17, 15) is 13.6 Å². The van der Waals surface area contributed by atoms with Crippen LogP contribution in [0.4, 0.5) is 8.78 Å². The highest BCUT2D eigenvalue weighted by Gasteiger charge is 2.16. The van der Waals surface area contributed by atoms with Gasteiger partial charge in [-0.3, -0.25) is 0 Å². The van der Waals surface area contributed by atoms with Gasteiger partial charge in [0.1, 0.15) is 17.1 Å². The van der Waals surface area contributed by atoms with Crippen molar-refractivity contribution in [2.75, 3.05) is 0 Å². The lowest BCUT2D eigenvalue weighted by molar-refractivity contribution is 0.0693. The Morgan fingerprint density at radius 1 is 1.16 bits per heavy atom. The minimum atomic E-state index is -1.31. The normalized spacial score (nSPS) is 10.3. The molecule has 3 nitrogen and oxygen atoms in total. The third-order valence-corrected chi connectivity index (χ3v) is 2.92. The predicted molar refractivity (Wildman–Crippen MR) is 67.5 cm³/mol. The first-order valence-electron chi connectivity index (χ1n) is 5.13. The SMILES string of the molecule is O=C(O)c1cccc(F)c1Oc1ccc(F)c(Br)c1. The van der Waals surface area contributed by atoms with Crippen LogP contribution in [0.25, 0.3) is 0 Å². The largest absolute Gasteiger partial charge is 0.478 e. The zero-order chi connectivity index (χ0) is 14.0. The van der Waals surface area contributed by atoms with E-state index in [4.69, 9.17) is 9.84 Å². The summed E-state index contributed by atoms with van der Waals surface area (Å²) in [6.45, 7) is 0. The van der Waals surface area contributed by atoms with E-state index < -0.39 is 23.4 Å². The Balaban J connectivity index is 2.42. The quantitative estimate of drug-likeness (QED) is 0.917. The van der Waals surface area contributed by atoms with E-state index in [1.54, 1.807) is 0 Å². The molecule has 0 bridgehead atoms. The first-order chi connectivity index (χ1) is 8.99. The van der Waals surface area contributed by atoms with Crippen molar-refractivity contribution in [3.63, 3.8) is 0 Å². The molecule has 0 spiro atoms. The topological polar surface area (TPSA) is 46.5 Å². The number of benzene rings is 2. The summed E-state index contributed by atoms with van der Waals surface area (Å²) in [4.78, 5) is 11.0. The summed E-state index contributed by atoms with van der Waals surface area (Å²) in [7, 11) is 0. The Morgan fingerprint density at radius 2 is 1.89 bits per heavy atom. The van der Waals surface area contributed by atoms with Gasteiger partial charge in [-0.2, -0.15) is 0 Å². The first kappa shape index (κ1) is 13.5. The second-order valence-corrected chi connectivity index (χ2v) is 4.45. The molecule has 0 heterocycles. The third kappa shape index (κ3) is 2.90. The van der Waals surface area contributed by atoms with Crippen LogP contribution < -0.4 is 4.74 Å². The third-order valence-electron chi connectivity index (χ3n) is 2.31. The van der Waals surface area contributed by atoms with E-state index in [2.05, 4.69) is 15.9 Å². The van der Waals surface area contributed by atoms with Crippen molar-refractivity contribution < 1.29 is 23.4 Å². The molecule has 6 heteroatoms. The fraction of sp³-hybridized carbons (Fsp3) is 0. The highest BCUT2D eigenvalue weighted by molar-refractivity contribution is 9.10. The molecule has 0 unspecified atom stereocenters. The predicted octanol–water partition coefficient (Wildman–Crippen LogP) is 4.22. The molecule has 0 aliphatic carbocycles. The summed E-state index contributed by atoms with van der Waals surface area (Å²) in [5.74, 6) is -2.90. The van der Waals surface area contributed by atoms with Gasteiger partial charge in [0.25, 0.3) is 0 Å². The van der Waals surface area contributed by atoms with Crippen LogP contribution in [-0.2, 0) is 0 Å². The Labute approximate surface area is 115 Å². The summed E-state index contributed by atoms with van der Waals surface area (Å²) in [5.41, 5.74) is -0.305. The number of hydrogen-bond donors (Lipinski definition) is 1. The number of halogens is 3. The number of ether oxygens (including phenoxy) is 1. The average molecular weight is 329 g/mol. The second kappa shape index (κ2) is 5.36. The lowest BCUT2D eigenvalue weighted by atomic mass is 10.2. The molecule has 98 valence electrons. The lowest BCUT2D eigenvalue weighted by Crippen LogP contribution is -2.02. The number of carbonyl (C=O) groups is 1. The Morgan fingerprint density at radius 3 is 2.53 bits per heavy atom. The maximum Gasteiger partial charge on any atom is 0.339 e. The van der Waals surface area contributed by atoms with Crippen molar-refractivity contribution in [1.29, 1.82) is 0 Å². The monoisotopic (exact) mass is 328 g/mol. The zero-order valence-electron chi connectivity index (χ0n) is 9.36. The van der Waals surface area contributed by atoms with Crippen LogP contribution in [0.1, 0.15) is 10.4 Å². The average Bonchev–Trinajstić information content (AvgIpc) is 2.36. The van der Waals surface area contributed by atoms with Crippen LogP contribution >= 0.6 is 15.9 Å². The van der Waals surface area contributed by atoms with E-state index in [1.807, 2.05) is 0 Å². The number of hydrogen-bond acceptors (Lipinski definition) is 2. The van der Waals surface area contributed by atoms with Crippen molar-refractivity contribution in [2.45, 2.75) is 0 Å². The van der Waals surface area contributed by atoms with Gasteiger partial charge in [0, 0.05) is 0 Å². The summed E-state index contributed by atoms with van der Waals surface area (Å²) < 4.78 is 32.0. The van der Waals surface area contributed by atoms with Crippen molar-refractivity contribution in [3.05, 3.63) is 58.1 Å². The Hall–Kier alpha value is -1.95. The Bertz CT molecular complexity index is 644. The van der Waals surface area contributed by atoms with Gasteiger partial charge in [-0.05, 0) is 46.3 Å². The van der Waals surface area contributed by atoms with Crippen LogP contribution in [0.3, 0.4) is 0 Å². The van der Waals surface area contributed by atoms with Crippen molar-refractivity contribution in [2.24, 2.45) is 0 Å². The molecule has 2 aromatic rings. The van der Waals surface area contributed by atoms with Gasteiger partial charge < -0.3 is 9.84 Å². The minimum absolute atomic E-state index is 0.126. The molecule has 1 N–H and O–H groups in total. The molecule has 0 saturated carbocycles. The second-order valence-electron chi connectivity index (χ2n) is 3.60. The van der Waals surface area contributed by atoms with Crippen LogP contribution in [0, 0.1) is 11.6 Å². The maximum atomic E-state index is 13.6. The van der Waals surface area contributed by atoms with Gasteiger partial charge in [0.2, 0.25) is 0 Å². The van der Waals surface area contributed by atoms with E-state index in [0.717, 1.165) is 12.1 Å². The molecule has 0 saturated heterocycles. The van der Waals surface area contributed by atoms with Crippen LogP contribution in [0.5, 0.6) is 11.5 Å². The van der Waals surface area contributed by atoms with Crippen molar-refractivity contribution in [3.8, 4) is 11.5 Å². The highest BCUT2D eigenvalue weighted by atomic mass is 79.9. The van der Waals surface area contributed by atoms with Crippen molar-refractivity contribution in [1.82, 2.24) is 0 Å². The molecule has 2 aromatic carbocycles. The standard InChI is InChI=1S/C13H7BrF2O3/c14-9-6-7(4-5-10(9)15)19-12-8(13(17)18)2-1-3-11(12)16/h1-6H,(H,17,18). The summed E-state index contributed by atoms with van der Waals surface area (Å²) in [5, 5.41) is 8.95. The molecule has 2 rings (SSSR count). The van der Waals surface area contributed by atoms with Gasteiger partial charge in [0.05, 0.1) is 4.47 Å². The molecule has 0 amide bonds.